The molecule has 0 radical (unpaired) electrons. The molecule has 2 aliphatic carbocycles. The minimum absolute atomic E-state index is 0.0244. The number of methoxy groups -OCH3 is 1. The summed E-state index contributed by atoms with van der Waals surface area (Å²) in [5.41, 5.74) is 1.72. The van der Waals surface area contributed by atoms with Gasteiger partial charge in [0.15, 0.2) is 11.2 Å². The minimum Gasteiger partial charge on any atom is -0.468 e. The van der Waals surface area contributed by atoms with Crippen molar-refractivity contribution in [2.75, 3.05) is 7.11 Å². The standard InChI is InChI=1S/C26H26O3/c1-4-5-16-20-17-25(2)21(18-12-8-6-9-13-18)22(19-14-10-7-11-15-19)26(20,23(25)27)24(28)29-3/h4,6-15,20H,1,5,16-17H2,2-3H3/t20-,25-,26-/m0/s1. The van der Waals surface area contributed by atoms with Gasteiger partial charge in [-0.05, 0) is 54.4 Å². The second-order valence-corrected chi connectivity index (χ2v) is 8.21. The summed E-state index contributed by atoms with van der Waals surface area (Å²) in [7, 11) is 1.38. The highest BCUT2D eigenvalue weighted by atomic mass is 16.5. The number of ketones is 1. The van der Waals surface area contributed by atoms with Crippen LogP contribution in [-0.4, -0.2) is 18.9 Å². The Bertz CT molecular complexity index is 989. The van der Waals surface area contributed by atoms with E-state index in [9.17, 15) is 9.59 Å². The highest BCUT2D eigenvalue weighted by molar-refractivity contribution is 6.31. The first-order chi connectivity index (χ1) is 14.0. The largest absolute Gasteiger partial charge is 0.468 e. The summed E-state index contributed by atoms with van der Waals surface area (Å²) in [5, 5.41) is 0. The van der Waals surface area contributed by atoms with Gasteiger partial charge in [0.2, 0.25) is 0 Å². The smallest absolute Gasteiger partial charge is 0.324 e. The Hall–Kier alpha value is -2.94. The van der Waals surface area contributed by atoms with Gasteiger partial charge in [0.05, 0.1) is 12.5 Å². The monoisotopic (exact) mass is 386 g/mol. The molecule has 0 amide bonds. The van der Waals surface area contributed by atoms with Crippen LogP contribution in [0.15, 0.2) is 73.3 Å². The van der Waals surface area contributed by atoms with Crippen LogP contribution in [0.1, 0.15) is 37.3 Å². The van der Waals surface area contributed by atoms with E-state index < -0.39 is 16.8 Å². The number of allylic oxidation sites excluding steroid dienone is 2. The average molecular weight is 386 g/mol. The lowest BCUT2D eigenvalue weighted by Crippen LogP contribution is -2.42. The number of ether oxygens (including phenoxy) is 1. The van der Waals surface area contributed by atoms with Crippen LogP contribution < -0.4 is 0 Å². The van der Waals surface area contributed by atoms with E-state index in [1.54, 1.807) is 0 Å². The van der Waals surface area contributed by atoms with Crippen molar-refractivity contribution in [3.8, 4) is 0 Å². The van der Waals surface area contributed by atoms with Gasteiger partial charge < -0.3 is 4.74 Å². The van der Waals surface area contributed by atoms with Gasteiger partial charge in [0.1, 0.15) is 0 Å². The number of hydrogen-bond donors (Lipinski definition) is 0. The Balaban J connectivity index is 2.07. The molecule has 2 aliphatic rings. The van der Waals surface area contributed by atoms with Gasteiger partial charge in [-0.3, -0.25) is 9.59 Å². The molecule has 0 aliphatic heterocycles. The molecule has 2 bridgehead atoms. The van der Waals surface area contributed by atoms with Crippen LogP contribution in [0.2, 0.25) is 0 Å². The van der Waals surface area contributed by atoms with Gasteiger partial charge >= 0.3 is 5.97 Å². The van der Waals surface area contributed by atoms with Crippen molar-refractivity contribution in [1.29, 1.82) is 0 Å². The highest BCUT2D eigenvalue weighted by Crippen LogP contribution is 2.70. The number of carbonyl (C=O) groups excluding carboxylic acids is 2. The number of fused-ring (bicyclic) bond motifs is 2. The molecule has 2 aromatic rings. The second kappa shape index (κ2) is 7.14. The molecule has 4 rings (SSSR count). The molecule has 0 saturated heterocycles. The van der Waals surface area contributed by atoms with E-state index in [0.717, 1.165) is 35.1 Å². The molecule has 0 heterocycles. The summed E-state index contributed by atoms with van der Waals surface area (Å²) in [6, 6.07) is 19.8. The Morgan fingerprint density at radius 1 is 1.07 bits per heavy atom. The number of Topliss-reactive ketones (excluding diaryl/α,β-unsaturated/α-hetero) is 1. The third kappa shape index (κ3) is 2.57. The van der Waals surface area contributed by atoms with Gasteiger partial charge in [0, 0.05) is 0 Å². The molecule has 3 heteroatoms. The summed E-state index contributed by atoms with van der Waals surface area (Å²) in [4.78, 5) is 27.4. The maximum atomic E-state index is 14.0. The average Bonchev–Trinajstić information content (AvgIpc) is 3.11. The molecule has 1 fully saturated rings. The summed E-state index contributed by atoms with van der Waals surface area (Å²) >= 11 is 0. The topological polar surface area (TPSA) is 43.4 Å². The van der Waals surface area contributed by atoms with E-state index in [0.29, 0.717) is 6.42 Å². The summed E-state index contributed by atoms with van der Waals surface area (Å²) in [6.45, 7) is 5.83. The SMILES string of the molecule is C=CCC[C@H]1C[C@]2(C)C(=O)[C@@]1(C(=O)OC)C(c1ccccc1)=C2c1ccccc1. The van der Waals surface area contributed by atoms with Crippen molar-refractivity contribution in [2.24, 2.45) is 16.7 Å². The quantitative estimate of drug-likeness (QED) is 0.383. The molecular formula is C26H26O3. The Morgan fingerprint density at radius 2 is 1.62 bits per heavy atom. The third-order valence-electron chi connectivity index (χ3n) is 6.67. The molecular weight excluding hydrogens is 360 g/mol. The number of carbonyl (C=O) groups is 2. The Morgan fingerprint density at radius 3 is 2.14 bits per heavy atom. The van der Waals surface area contributed by atoms with Crippen LogP contribution in [-0.2, 0) is 14.3 Å². The van der Waals surface area contributed by atoms with E-state index in [1.807, 2.05) is 73.7 Å². The zero-order valence-corrected chi connectivity index (χ0v) is 17.0. The fourth-order valence-corrected chi connectivity index (χ4v) is 5.57. The fraction of sp³-hybridized carbons (Fsp3) is 0.308. The maximum absolute atomic E-state index is 14.0. The molecule has 1 saturated carbocycles. The number of esters is 1. The second-order valence-electron chi connectivity index (χ2n) is 8.21. The van der Waals surface area contributed by atoms with Crippen LogP contribution in [0.25, 0.3) is 11.1 Å². The van der Waals surface area contributed by atoms with E-state index in [-0.39, 0.29) is 11.7 Å². The van der Waals surface area contributed by atoms with Crippen LogP contribution in [0.5, 0.6) is 0 Å². The van der Waals surface area contributed by atoms with Gasteiger partial charge in [-0.2, -0.15) is 0 Å². The maximum Gasteiger partial charge on any atom is 0.324 e. The minimum atomic E-state index is -1.26. The van der Waals surface area contributed by atoms with Crippen molar-refractivity contribution < 1.29 is 14.3 Å². The van der Waals surface area contributed by atoms with Crippen molar-refractivity contribution in [1.82, 2.24) is 0 Å². The Labute approximate surface area is 172 Å². The van der Waals surface area contributed by atoms with Crippen LogP contribution in [0, 0.1) is 16.7 Å². The van der Waals surface area contributed by atoms with E-state index in [4.69, 9.17) is 4.74 Å². The molecule has 3 atom stereocenters. The van der Waals surface area contributed by atoms with Gasteiger partial charge in [-0.15, -0.1) is 6.58 Å². The molecule has 3 nitrogen and oxygen atoms in total. The first-order valence-corrected chi connectivity index (χ1v) is 10.1. The lowest BCUT2D eigenvalue weighted by Gasteiger charge is -2.36. The highest BCUT2D eigenvalue weighted by Gasteiger charge is 2.72. The lowest BCUT2D eigenvalue weighted by atomic mass is 9.65. The van der Waals surface area contributed by atoms with Crippen molar-refractivity contribution in [3.05, 3.63) is 84.4 Å². The predicted molar refractivity (Wildman–Crippen MR) is 115 cm³/mol. The molecule has 2 aromatic carbocycles. The molecule has 0 spiro atoms. The zero-order valence-electron chi connectivity index (χ0n) is 17.0. The molecule has 0 aromatic heterocycles. The lowest BCUT2D eigenvalue weighted by molar-refractivity contribution is -0.155. The summed E-state index contributed by atoms with van der Waals surface area (Å²) in [6.07, 6.45) is 4.00. The van der Waals surface area contributed by atoms with Crippen molar-refractivity contribution in [2.45, 2.75) is 26.2 Å². The van der Waals surface area contributed by atoms with Crippen molar-refractivity contribution >= 4 is 22.9 Å². The molecule has 0 unspecified atom stereocenters. The third-order valence-corrected chi connectivity index (χ3v) is 6.67. The van der Waals surface area contributed by atoms with E-state index >= 15 is 0 Å². The Kier molecular flexibility index (Phi) is 4.77. The number of benzene rings is 2. The zero-order chi connectivity index (χ0) is 20.6. The molecule has 0 N–H and O–H groups in total. The summed E-state index contributed by atoms with van der Waals surface area (Å²) in [5.74, 6) is -0.568. The van der Waals surface area contributed by atoms with E-state index in [1.165, 1.54) is 7.11 Å². The first kappa shape index (κ1) is 19.4. The van der Waals surface area contributed by atoms with Crippen LogP contribution in [0.4, 0.5) is 0 Å². The van der Waals surface area contributed by atoms with Crippen LogP contribution in [0.3, 0.4) is 0 Å². The fourth-order valence-electron chi connectivity index (χ4n) is 5.57. The van der Waals surface area contributed by atoms with E-state index in [2.05, 4.69) is 6.58 Å². The van der Waals surface area contributed by atoms with Gasteiger partial charge in [-0.1, -0.05) is 66.7 Å². The molecule has 29 heavy (non-hydrogen) atoms. The normalized spacial score (nSPS) is 27.9. The number of rotatable bonds is 6. The van der Waals surface area contributed by atoms with Crippen LogP contribution >= 0.6 is 0 Å². The number of hydrogen-bond acceptors (Lipinski definition) is 3. The van der Waals surface area contributed by atoms with Gasteiger partial charge in [-0.25, -0.2) is 0 Å². The predicted octanol–water partition coefficient (Wildman–Crippen LogP) is 5.33. The van der Waals surface area contributed by atoms with Gasteiger partial charge in [0.25, 0.3) is 0 Å². The van der Waals surface area contributed by atoms with Crippen molar-refractivity contribution in [3.63, 3.8) is 0 Å². The molecule has 148 valence electrons. The summed E-state index contributed by atoms with van der Waals surface area (Å²) < 4.78 is 5.30. The first-order valence-electron chi connectivity index (χ1n) is 10.1.